The highest BCUT2D eigenvalue weighted by Crippen LogP contribution is 2.28. The molecule has 4 nitrogen and oxygen atoms in total. The van der Waals surface area contributed by atoms with Crippen LogP contribution in [-0.2, 0) is 4.79 Å². The molecule has 0 spiro atoms. The fourth-order valence-corrected chi connectivity index (χ4v) is 2.19. The third kappa shape index (κ3) is 2.02. The second-order valence-corrected chi connectivity index (χ2v) is 4.39. The Labute approximate surface area is 101 Å². The van der Waals surface area contributed by atoms with Gasteiger partial charge in [0.2, 0.25) is 5.91 Å². The van der Waals surface area contributed by atoms with E-state index in [-0.39, 0.29) is 11.8 Å². The zero-order chi connectivity index (χ0) is 12.4. The highest BCUT2D eigenvalue weighted by Gasteiger charge is 2.31. The standard InChI is InChI=1S/C13H15N3O/c1-9-3-2-4-12(11(9)7-15)16-8-10(6-14)5-13(16)17/h2-4,10H,5-6,8,14H2,1H3. The van der Waals surface area contributed by atoms with Crippen molar-refractivity contribution in [1.29, 1.82) is 5.26 Å². The van der Waals surface area contributed by atoms with Crippen LogP contribution in [0, 0.1) is 24.2 Å². The molecule has 2 N–H and O–H groups in total. The van der Waals surface area contributed by atoms with Gasteiger partial charge in [-0.15, -0.1) is 0 Å². The Balaban J connectivity index is 2.39. The van der Waals surface area contributed by atoms with Crippen LogP contribution in [0.4, 0.5) is 5.69 Å². The molecule has 1 saturated heterocycles. The molecule has 17 heavy (non-hydrogen) atoms. The van der Waals surface area contributed by atoms with E-state index in [1.165, 1.54) is 0 Å². The number of carbonyl (C=O) groups is 1. The van der Waals surface area contributed by atoms with Gasteiger partial charge in [-0.1, -0.05) is 12.1 Å². The third-order valence-electron chi connectivity index (χ3n) is 3.19. The highest BCUT2D eigenvalue weighted by atomic mass is 16.2. The first kappa shape index (κ1) is 11.6. The van der Waals surface area contributed by atoms with E-state index in [2.05, 4.69) is 6.07 Å². The average Bonchev–Trinajstić information content (AvgIpc) is 2.70. The van der Waals surface area contributed by atoms with Crippen LogP contribution in [0.3, 0.4) is 0 Å². The van der Waals surface area contributed by atoms with Crippen molar-refractivity contribution >= 4 is 11.6 Å². The zero-order valence-corrected chi connectivity index (χ0v) is 9.81. The molecule has 1 atom stereocenters. The Morgan fingerprint density at radius 2 is 2.35 bits per heavy atom. The molecule has 4 heteroatoms. The maximum absolute atomic E-state index is 11.9. The quantitative estimate of drug-likeness (QED) is 0.827. The van der Waals surface area contributed by atoms with Crippen LogP contribution < -0.4 is 10.6 Å². The number of hydrogen-bond acceptors (Lipinski definition) is 3. The summed E-state index contributed by atoms with van der Waals surface area (Å²) < 4.78 is 0. The van der Waals surface area contributed by atoms with Gasteiger partial charge in [0.25, 0.3) is 0 Å². The van der Waals surface area contributed by atoms with E-state index in [0.717, 1.165) is 5.56 Å². The van der Waals surface area contributed by atoms with E-state index in [1.807, 2.05) is 25.1 Å². The second-order valence-electron chi connectivity index (χ2n) is 4.39. The normalized spacial score (nSPS) is 19.5. The fourth-order valence-electron chi connectivity index (χ4n) is 2.19. The van der Waals surface area contributed by atoms with Crippen molar-refractivity contribution in [3.8, 4) is 6.07 Å². The van der Waals surface area contributed by atoms with E-state index in [9.17, 15) is 4.79 Å². The molecule has 88 valence electrons. The first-order valence-electron chi connectivity index (χ1n) is 5.67. The van der Waals surface area contributed by atoms with Gasteiger partial charge in [0, 0.05) is 13.0 Å². The number of carbonyl (C=O) groups excluding carboxylic acids is 1. The number of benzene rings is 1. The molecule has 1 aliphatic heterocycles. The van der Waals surface area contributed by atoms with Gasteiger partial charge in [-0.2, -0.15) is 5.26 Å². The Hall–Kier alpha value is -1.86. The molecule has 2 rings (SSSR count). The summed E-state index contributed by atoms with van der Waals surface area (Å²) >= 11 is 0. The summed E-state index contributed by atoms with van der Waals surface area (Å²) in [5.74, 6) is 0.261. The molecule has 0 aliphatic carbocycles. The highest BCUT2D eigenvalue weighted by molar-refractivity contribution is 5.97. The molecule has 1 fully saturated rings. The predicted molar refractivity (Wildman–Crippen MR) is 65.4 cm³/mol. The van der Waals surface area contributed by atoms with Gasteiger partial charge in [-0.25, -0.2) is 0 Å². The minimum Gasteiger partial charge on any atom is -0.330 e. The molecule has 1 heterocycles. The van der Waals surface area contributed by atoms with Crippen molar-refractivity contribution < 1.29 is 4.79 Å². The topological polar surface area (TPSA) is 70.1 Å². The zero-order valence-electron chi connectivity index (χ0n) is 9.81. The van der Waals surface area contributed by atoms with Gasteiger partial charge in [0.15, 0.2) is 0 Å². The molecule has 0 bridgehead atoms. The van der Waals surface area contributed by atoms with Gasteiger partial charge in [0.1, 0.15) is 6.07 Å². The number of nitriles is 1. The molecule has 0 saturated carbocycles. The summed E-state index contributed by atoms with van der Waals surface area (Å²) in [6.07, 6.45) is 0.481. The lowest BCUT2D eigenvalue weighted by molar-refractivity contribution is -0.117. The maximum atomic E-state index is 11.9. The number of amides is 1. The number of aryl methyl sites for hydroxylation is 1. The summed E-state index contributed by atoms with van der Waals surface area (Å²) in [7, 11) is 0. The summed E-state index contributed by atoms with van der Waals surface area (Å²) in [4.78, 5) is 13.6. The van der Waals surface area contributed by atoms with Crippen LogP contribution >= 0.6 is 0 Å². The number of hydrogen-bond donors (Lipinski definition) is 1. The van der Waals surface area contributed by atoms with E-state index < -0.39 is 0 Å². The minimum absolute atomic E-state index is 0.0579. The van der Waals surface area contributed by atoms with E-state index in [1.54, 1.807) is 4.90 Å². The Kier molecular flexibility index (Phi) is 3.12. The number of anilines is 1. The van der Waals surface area contributed by atoms with Crippen molar-refractivity contribution in [3.05, 3.63) is 29.3 Å². The molecule has 1 aromatic rings. The van der Waals surface area contributed by atoms with Gasteiger partial charge in [0.05, 0.1) is 11.3 Å². The smallest absolute Gasteiger partial charge is 0.227 e. The van der Waals surface area contributed by atoms with Crippen molar-refractivity contribution in [2.24, 2.45) is 11.7 Å². The number of nitrogens with zero attached hydrogens (tertiary/aromatic N) is 2. The summed E-state index contributed by atoms with van der Waals surface area (Å²) in [5.41, 5.74) is 7.79. The summed E-state index contributed by atoms with van der Waals surface area (Å²) in [5, 5.41) is 9.16. The SMILES string of the molecule is Cc1cccc(N2CC(CN)CC2=O)c1C#N. The lowest BCUT2D eigenvalue weighted by Crippen LogP contribution is -2.26. The van der Waals surface area contributed by atoms with Crippen molar-refractivity contribution in [3.63, 3.8) is 0 Å². The second kappa shape index (κ2) is 4.56. The van der Waals surface area contributed by atoms with E-state index in [4.69, 9.17) is 11.0 Å². The van der Waals surface area contributed by atoms with Gasteiger partial charge >= 0.3 is 0 Å². The van der Waals surface area contributed by atoms with Crippen molar-refractivity contribution in [2.45, 2.75) is 13.3 Å². The monoisotopic (exact) mass is 229 g/mol. The lowest BCUT2D eigenvalue weighted by atomic mass is 10.1. The third-order valence-corrected chi connectivity index (χ3v) is 3.19. The summed E-state index contributed by atoms with van der Waals surface area (Å²) in [6.45, 7) is 3.01. The van der Waals surface area contributed by atoms with Crippen LogP contribution in [0.25, 0.3) is 0 Å². The van der Waals surface area contributed by atoms with Crippen molar-refractivity contribution in [1.82, 2.24) is 0 Å². The largest absolute Gasteiger partial charge is 0.330 e. The summed E-state index contributed by atoms with van der Waals surface area (Å²) in [6, 6.07) is 7.74. The molecule has 1 amide bonds. The Bertz CT molecular complexity index is 490. The van der Waals surface area contributed by atoms with Gasteiger partial charge in [-0.3, -0.25) is 4.79 Å². The van der Waals surface area contributed by atoms with E-state index >= 15 is 0 Å². The fraction of sp³-hybridized carbons (Fsp3) is 0.385. The van der Waals surface area contributed by atoms with Crippen LogP contribution in [0.5, 0.6) is 0 Å². The first-order chi connectivity index (χ1) is 8.17. The van der Waals surface area contributed by atoms with Gasteiger partial charge in [-0.05, 0) is 31.0 Å². The predicted octanol–water partition coefficient (Wildman–Crippen LogP) is 1.18. The molecule has 1 unspecified atom stereocenters. The lowest BCUT2D eigenvalue weighted by Gasteiger charge is -2.18. The minimum atomic E-state index is 0.0579. The maximum Gasteiger partial charge on any atom is 0.227 e. The molecule has 0 aromatic heterocycles. The number of rotatable bonds is 2. The molecule has 1 aromatic carbocycles. The first-order valence-corrected chi connectivity index (χ1v) is 5.67. The van der Waals surface area contributed by atoms with E-state index in [0.29, 0.717) is 30.8 Å². The van der Waals surface area contributed by atoms with Crippen LogP contribution in [0.2, 0.25) is 0 Å². The molecular weight excluding hydrogens is 214 g/mol. The Morgan fingerprint density at radius 1 is 1.59 bits per heavy atom. The van der Waals surface area contributed by atoms with Crippen molar-refractivity contribution in [2.75, 3.05) is 18.0 Å². The average molecular weight is 229 g/mol. The van der Waals surface area contributed by atoms with Gasteiger partial charge < -0.3 is 10.6 Å². The van der Waals surface area contributed by atoms with Crippen LogP contribution in [-0.4, -0.2) is 19.0 Å². The molecule has 0 radical (unpaired) electrons. The Morgan fingerprint density at radius 3 is 2.94 bits per heavy atom. The number of nitrogens with two attached hydrogens (primary N) is 1. The molecule has 1 aliphatic rings. The van der Waals surface area contributed by atoms with Crippen LogP contribution in [0.1, 0.15) is 17.5 Å². The van der Waals surface area contributed by atoms with Crippen LogP contribution in [0.15, 0.2) is 18.2 Å². The molecular formula is C13H15N3O.